The highest BCUT2D eigenvalue weighted by atomic mass is 32.2. The van der Waals surface area contributed by atoms with Gasteiger partial charge in [0.1, 0.15) is 5.82 Å². The number of carbonyl (C=O) groups excluding carboxylic acids is 2. The summed E-state index contributed by atoms with van der Waals surface area (Å²) in [7, 11) is -4.12. The number of aryl methyl sites for hydroxylation is 2. The van der Waals surface area contributed by atoms with Crippen LogP contribution in [0.3, 0.4) is 0 Å². The molecule has 0 bridgehead atoms. The number of rotatable bonds is 7. The minimum absolute atomic E-state index is 0.0334. The molecule has 3 amide bonds. The van der Waals surface area contributed by atoms with Gasteiger partial charge in [-0.1, -0.05) is 44.5 Å². The maximum Gasteiger partial charge on any atom is 0.353 e. The number of pyridine rings is 1. The lowest BCUT2D eigenvalue weighted by Gasteiger charge is -2.35. The van der Waals surface area contributed by atoms with Gasteiger partial charge in [0.05, 0.1) is 33.9 Å². The van der Waals surface area contributed by atoms with Crippen molar-refractivity contribution in [3.63, 3.8) is 0 Å². The molecule has 0 spiro atoms. The molecule has 3 aromatic heterocycles. The quantitative estimate of drug-likeness (QED) is 0.272. The van der Waals surface area contributed by atoms with E-state index in [1.165, 1.54) is 16.0 Å². The molecule has 1 saturated heterocycles. The van der Waals surface area contributed by atoms with E-state index in [-0.39, 0.29) is 11.7 Å². The number of hydrogen-bond donors (Lipinski definition) is 1. The van der Waals surface area contributed by atoms with E-state index in [4.69, 9.17) is 14.4 Å². The Kier molecular flexibility index (Phi) is 9.01. The molecule has 1 N–H and O–H groups in total. The molecule has 4 heterocycles. The molecule has 12 nitrogen and oxygen atoms in total. The van der Waals surface area contributed by atoms with Gasteiger partial charge in [-0.15, -0.1) is 20.7 Å². The summed E-state index contributed by atoms with van der Waals surface area (Å²) in [5.74, 6) is 0.861. The number of hydroxylamine groups is 1. The van der Waals surface area contributed by atoms with Crippen molar-refractivity contribution in [1.82, 2.24) is 19.7 Å². The van der Waals surface area contributed by atoms with E-state index in [9.17, 15) is 18.0 Å². The molecular formula is C31H37N7O5S2. The summed E-state index contributed by atoms with van der Waals surface area (Å²) in [5.41, 5.74) is 2.80. The van der Waals surface area contributed by atoms with Crippen LogP contribution in [0.4, 0.5) is 22.1 Å². The predicted molar refractivity (Wildman–Crippen MR) is 176 cm³/mol. The van der Waals surface area contributed by atoms with E-state index in [2.05, 4.69) is 10.2 Å². The highest BCUT2D eigenvalue weighted by molar-refractivity contribution is 7.86. The summed E-state index contributed by atoms with van der Waals surface area (Å²) < 4.78 is 31.5. The van der Waals surface area contributed by atoms with Gasteiger partial charge < -0.3 is 15.1 Å². The van der Waals surface area contributed by atoms with Crippen LogP contribution in [0.1, 0.15) is 47.4 Å². The maximum absolute atomic E-state index is 13.7. The van der Waals surface area contributed by atoms with Crippen molar-refractivity contribution in [3.05, 3.63) is 81.8 Å². The second-order valence-electron chi connectivity index (χ2n) is 11.9. The largest absolute Gasteiger partial charge is 0.353 e. The molecule has 1 fully saturated rings. The van der Waals surface area contributed by atoms with Crippen LogP contribution >= 0.6 is 11.3 Å². The van der Waals surface area contributed by atoms with E-state index in [0.717, 1.165) is 16.7 Å². The average Bonchev–Trinajstić information content (AvgIpc) is 3.68. The molecule has 4 aromatic rings. The molecule has 14 heteroatoms. The summed E-state index contributed by atoms with van der Waals surface area (Å²) in [4.78, 5) is 35.8. The Morgan fingerprint density at radius 1 is 1.00 bits per heavy atom. The van der Waals surface area contributed by atoms with Crippen LogP contribution in [0.5, 0.6) is 0 Å². The fourth-order valence-corrected chi connectivity index (χ4v) is 5.89. The smallest absolute Gasteiger partial charge is 0.353 e. The predicted octanol–water partition coefficient (Wildman–Crippen LogP) is 5.14. The third kappa shape index (κ3) is 7.52. The van der Waals surface area contributed by atoms with Gasteiger partial charge in [-0.2, -0.15) is 13.5 Å². The van der Waals surface area contributed by atoms with Crippen molar-refractivity contribution in [2.45, 2.75) is 40.0 Å². The van der Waals surface area contributed by atoms with Gasteiger partial charge in [0.2, 0.25) is 0 Å². The lowest BCUT2D eigenvalue weighted by atomic mass is 9.92. The van der Waals surface area contributed by atoms with E-state index in [0.29, 0.717) is 59.8 Å². The number of hydrogen-bond acceptors (Lipinski definition) is 9. The summed E-state index contributed by atoms with van der Waals surface area (Å²) in [6.07, 6.45) is 0.875. The van der Waals surface area contributed by atoms with Gasteiger partial charge in [0, 0.05) is 37.7 Å². The number of thiophene rings is 1. The van der Waals surface area contributed by atoms with Crippen molar-refractivity contribution in [2.24, 2.45) is 0 Å². The minimum Gasteiger partial charge on any atom is -0.353 e. The van der Waals surface area contributed by atoms with E-state index >= 15 is 0 Å². The zero-order valence-corrected chi connectivity index (χ0v) is 27.8. The van der Waals surface area contributed by atoms with Crippen molar-refractivity contribution >= 4 is 50.7 Å². The molecule has 0 aliphatic carbocycles. The van der Waals surface area contributed by atoms with E-state index in [1.54, 1.807) is 25.1 Å². The van der Waals surface area contributed by atoms with Gasteiger partial charge in [-0.3, -0.25) is 4.79 Å². The number of nitrogens with one attached hydrogen (secondary N) is 1. The first-order chi connectivity index (χ1) is 21.2. The first-order valence-electron chi connectivity index (χ1n) is 14.4. The van der Waals surface area contributed by atoms with E-state index in [1.807, 2.05) is 74.4 Å². The molecule has 1 aliphatic heterocycles. The number of urea groups is 1. The fraction of sp³-hybridized carbons (Fsp3) is 0.355. The number of anilines is 3. The number of piperazine rings is 1. The zero-order chi connectivity index (χ0) is 32.5. The second kappa shape index (κ2) is 12.6. The summed E-state index contributed by atoms with van der Waals surface area (Å²) in [6.45, 7) is 12.0. The topological polar surface area (TPSA) is 130 Å². The van der Waals surface area contributed by atoms with Crippen molar-refractivity contribution in [3.8, 4) is 5.69 Å². The summed E-state index contributed by atoms with van der Waals surface area (Å²) >= 11 is 1.43. The molecule has 0 atom stereocenters. The van der Waals surface area contributed by atoms with Gasteiger partial charge in [0.25, 0.3) is 16.0 Å². The highest BCUT2D eigenvalue weighted by Crippen LogP contribution is 2.30. The Labute approximate surface area is 267 Å². The van der Waals surface area contributed by atoms with Crippen molar-refractivity contribution in [2.75, 3.05) is 47.7 Å². The highest BCUT2D eigenvalue weighted by Gasteiger charge is 2.31. The van der Waals surface area contributed by atoms with Crippen LogP contribution in [-0.4, -0.2) is 72.5 Å². The Morgan fingerprint density at radius 3 is 2.27 bits per heavy atom. The number of benzene rings is 1. The van der Waals surface area contributed by atoms with Gasteiger partial charge in [-0.25, -0.2) is 14.5 Å². The van der Waals surface area contributed by atoms with Crippen LogP contribution in [0.2, 0.25) is 0 Å². The normalized spacial score (nSPS) is 14.0. The molecule has 238 valence electrons. The molecule has 1 aromatic carbocycles. The fourth-order valence-electron chi connectivity index (χ4n) is 4.79. The molecular weight excluding hydrogens is 615 g/mol. The van der Waals surface area contributed by atoms with Crippen molar-refractivity contribution in [1.29, 1.82) is 0 Å². The maximum atomic E-state index is 13.7. The van der Waals surface area contributed by atoms with Gasteiger partial charge >= 0.3 is 6.03 Å². The number of amides is 3. The van der Waals surface area contributed by atoms with Crippen LogP contribution in [0, 0.1) is 13.8 Å². The molecule has 1 aliphatic rings. The molecule has 0 radical (unpaired) electrons. The van der Waals surface area contributed by atoms with Crippen LogP contribution in [-0.2, 0) is 19.8 Å². The third-order valence-electron chi connectivity index (χ3n) is 7.28. The first kappa shape index (κ1) is 32.1. The Bertz CT molecular complexity index is 1790. The molecule has 0 saturated carbocycles. The van der Waals surface area contributed by atoms with Crippen LogP contribution < -0.4 is 15.3 Å². The average molecular weight is 652 g/mol. The SMILES string of the molecule is Cc1ccc(-n2nc(C(C)(C)C)cc2N(OS(C)(=O)=O)C(=O)Nc2ccc(N3CCN(C(=O)c4cccs4)CC3)nc2C)cc1. The Morgan fingerprint density at radius 2 is 1.69 bits per heavy atom. The zero-order valence-electron chi connectivity index (χ0n) is 26.1. The minimum atomic E-state index is -4.12. The number of carbonyl (C=O) groups is 2. The van der Waals surface area contributed by atoms with Crippen molar-refractivity contribution < 1.29 is 22.3 Å². The van der Waals surface area contributed by atoms with Gasteiger partial charge in [0.15, 0.2) is 5.82 Å². The first-order valence-corrected chi connectivity index (χ1v) is 17.1. The van der Waals surface area contributed by atoms with E-state index < -0.39 is 21.6 Å². The number of nitrogens with zero attached hydrogens (tertiary/aromatic N) is 6. The lowest BCUT2D eigenvalue weighted by molar-refractivity contribution is 0.0751. The second-order valence-corrected chi connectivity index (χ2v) is 14.5. The molecule has 0 unspecified atom stereocenters. The van der Waals surface area contributed by atoms with Crippen LogP contribution in [0.25, 0.3) is 5.69 Å². The van der Waals surface area contributed by atoms with Crippen LogP contribution in [0.15, 0.2) is 60.0 Å². The monoisotopic (exact) mass is 651 g/mol. The lowest BCUT2D eigenvalue weighted by Crippen LogP contribution is -2.49. The molecule has 45 heavy (non-hydrogen) atoms. The Hall–Kier alpha value is -4.27. The summed E-state index contributed by atoms with van der Waals surface area (Å²) in [5, 5.41) is 10.1. The van der Waals surface area contributed by atoms with Gasteiger partial charge in [-0.05, 0) is 49.6 Å². The number of aromatic nitrogens is 3. The standard InChI is InChI=1S/C31H37N7O5S2/c1-21-9-11-23(12-10-21)37-28(20-26(34-37)31(3,4)5)38(43-45(6,41)42)30(40)33-24-13-14-27(32-22(24)2)35-15-17-36(18-16-35)29(39)25-8-7-19-44-25/h7-14,19-20H,15-18H2,1-6H3,(H,33,40). The molecule has 5 rings (SSSR count). The summed E-state index contributed by atoms with van der Waals surface area (Å²) in [6, 6.07) is 15.5. The third-order valence-corrected chi connectivity index (χ3v) is 8.55. The Balaban J connectivity index is 1.38.